The number of hydrogen-bond donors (Lipinski definition) is 2. The number of carbonyl (C=O) groups excluding carboxylic acids is 2. The summed E-state index contributed by atoms with van der Waals surface area (Å²) >= 11 is 0. The molecule has 1 aromatic carbocycles. The summed E-state index contributed by atoms with van der Waals surface area (Å²) in [6.07, 6.45) is 3.47. The van der Waals surface area contributed by atoms with E-state index in [2.05, 4.69) is 29.4 Å². The standard InChI is InChI=1S/C22H36N4O4/c1-5-11-25(12-6-2)13-7-10-23-22(28)24-17-14-21(27)26(16-17)18-8-9-19(29-3)20(15-18)30-4/h8-9,15,17H,5-7,10-14,16H2,1-4H3,(H2,23,24,28). The maximum atomic E-state index is 12.5. The normalized spacial score (nSPS) is 16.1. The highest BCUT2D eigenvalue weighted by Crippen LogP contribution is 2.33. The lowest BCUT2D eigenvalue weighted by Crippen LogP contribution is -2.44. The third kappa shape index (κ3) is 6.79. The Hall–Kier alpha value is -2.48. The van der Waals surface area contributed by atoms with Crippen LogP contribution in [0, 0.1) is 0 Å². The minimum absolute atomic E-state index is 0.0257. The monoisotopic (exact) mass is 420 g/mol. The molecule has 8 nitrogen and oxygen atoms in total. The lowest BCUT2D eigenvalue weighted by atomic mass is 10.2. The van der Waals surface area contributed by atoms with Crippen LogP contribution < -0.4 is 25.0 Å². The topological polar surface area (TPSA) is 83.1 Å². The molecule has 168 valence electrons. The fourth-order valence-corrected chi connectivity index (χ4v) is 3.76. The number of nitrogens with zero attached hydrogens (tertiary/aromatic N) is 2. The molecule has 0 bridgehead atoms. The summed E-state index contributed by atoms with van der Waals surface area (Å²) in [4.78, 5) is 28.8. The summed E-state index contributed by atoms with van der Waals surface area (Å²) in [5.74, 6) is 1.15. The molecule has 0 aromatic heterocycles. The molecule has 1 aliphatic rings. The van der Waals surface area contributed by atoms with E-state index in [1.807, 2.05) is 6.07 Å². The Kier molecular flexibility index (Phi) is 9.73. The Morgan fingerprint density at radius 1 is 1.13 bits per heavy atom. The number of carbonyl (C=O) groups is 2. The fourth-order valence-electron chi connectivity index (χ4n) is 3.76. The van der Waals surface area contributed by atoms with E-state index in [-0.39, 0.29) is 24.4 Å². The van der Waals surface area contributed by atoms with E-state index >= 15 is 0 Å². The molecule has 30 heavy (non-hydrogen) atoms. The molecule has 2 rings (SSSR count). The second-order valence-electron chi connectivity index (χ2n) is 7.54. The lowest BCUT2D eigenvalue weighted by molar-refractivity contribution is -0.117. The highest BCUT2D eigenvalue weighted by molar-refractivity contribution is 5.97. The molecule has 1 aromatic rings. The predicted molar refractivity (Wildman–Crippen MR) is 118 cm³/mol. The second-order valence-corrected chi connectivity index (χ2v) is 7.54. The smallest absolute Gasteiger partial charge is 0.315 e. The van der Waals surface area contributed by atoms with Gasteiger partial charge in [-0.25, -0.2) is 4.79 Å². The Bertz CT molecular complexity index is 692. The molecular formula is C22H36N4O4. The molecular weight excluding hydrogens is 384 g/mol. The first-order valence-corrected chi connectivity index (χ1v) is 10.8. The fraction of sp³-hybridized carbons (Fsp3) is 0.636. The van der Waals surface area contributed by atoms with Gasteiger partial charge >= 0.3 is 6.03 Å². The second kappa shape index (κ2) is 12.3. The zero-order valence-electron chi connectivity index (χ0n) is 18.7. The van der Waals surface area contributed by atoms with Crippen molar-refractivity contribution < 1.29 is 19.1 Å². The van der Waals surface area contributed by atoms with Crippen LogP contribution >= 0.6 is 0 Å². The Morgan fingerprint density at radius 3 is 2.47 bits per heavy atom. The minimum atomic E-state index is -0.223. The summed E-state index contributed by atoms with van der Waals surface area (Å²) in [7, 11) is 3.13. The molecule has 1 heterocycles. The molecule has 1 aliphatic heterocycles. The van der Waals surface area contributed by atoms with Crippen molar-refractivity contribution in [3.63, 3.8) is 0 Å². The third-order valence-corrected chi connectivity index (χ3v) is 5.16. The number of ether oxygens (including phenoxy) is 2. The van der Waals surface area contributed by atoms with Gasteiger partial charge in [0, 0.05) is 31.3 Å². The maximum absolute atomic E-state index is 12.5. The van der Waals surface area contributed by atoms with Gasteiger partial charge in [-0.2, -0.15) is 0 Å². The van der Waals surface area contributed by atoms with Crippen molar-refractivity contribution in [2.75, 3.05) is 51.8 Å². The molecule has 1 saturated heterocycles. The van der Waals surface area contributed by atoms with Crippen molar-refractivity contribution in [2.45, 2.75) is 45.6 Å². The molecule has 1 fully saturated rings. The Morgan fingerprint density at radius 2 is 1.83 bits per heavy atom. The maximum Gasteiger partial charge on any atom is 0.315 e. The van der Waals surface area contributed by atoms with E-state index in [0.717, 1.165) is 44.6 Å². The quantitative estimate of drug-likeness (QED) is 0.508. The van der Waals surface area contributed by atoms with Crippen molar-refractivity contribution in [1.82, 2.24) is 15.5 Å². The van der Waals surface area contributed by atoms with Crippen LogP contribution in [0.3, 0.4) is 0 Å². The summed E-state index contributed by atoms with van der Waals surface area (Å²) in [5, 5.41) is 5.83. The molecule has 0 aliphatic carbocycles. The van der Waals surface area contributed by atoms with Crippen LogP contribution in [0.5, 0.6) is 11.5 Å². The van der Waals surface area contributed by atoms with E-state index < -0.39 is 0 Å². The van der Waals surface area contributed by atoms with Crippen LogP contribution in [0.4, 0.5) is 10.5 Å². The molecule has 0 spiro atoms. The Labute approximate surface area is 179 Å². The van der Waals surface area contributed by atoms with E-state index in [4.69, 9.17) is 9.47 Å². The molecule has 1 unspecified atom stereocenters. The zero-order chi connectivity index (χ0) is 21.9. The van der Waals surface area contributed by atoms with Crippen LogP contribution in [-0.4, -0.2) is 69.8 Å². The van der Waals surface area contributed by atoms with Crippen molar-refractivity contribution in [1.29, 1.82) is 0 Å². The average Bonchev–Trinajstić information content (AvgIpc) is 3.10. The van der Waals surface area contributed by atoms with Crippen LogP contribution in [0.15, 0.2) is 18.2 Å². The summed E-state index contributed by atoms with van der Waals surface area (Å²) in [6.45, 7) is 8.59. The van der Waals surface area contributed by atoms with Gasteiger partial charge in [0.1, 0.15) is 0 Å². The molecule has 8 heteroatoms. The molecule has 2 N–H and O–H groups in total. The first-order valence-electron chi connectivity index (χ1n) is 10.8. The predicted octanol–water partition coefficient (Wildman–Crippen LogP) is 2.62. The third-order valence-electron chi connectivity index (χ3n) is 5.16. The minimum Gasteiger partial charge on any atom is -0.493 e. The van der Waals surface area contributed by atoms with Crippen molar-refractivity contribution >= 4 is 17.6 Å². The largest absolute Gasteiger partial charge is 0.493 e. The van der Waals surface area contributed by atoms with Crippen LogP contribution in [-0.2, 0) is 4.79 Å². The van der Waals surface area contributed by atoms with Crippen molar-refractivity contribution in [2.24, 2.45) is 0 Å². The number of hydrogen-bond acceptors (Lipinski definition) is 5. The first kappa shape index (κ1) is 23.8. The Balaban J connectivity index is 1.79. The van der Waals surface area contributed by atoms with Gasteiger partial charge in [0.05, 0.1) is 20.3 Å². The number of anilines is 1. The average molecular weight is 421 g/mol. The summed E-state index contributed by atoms with van der Waals surface area (Å²) < 4.78 is 10.6. The molecule has 0 radical (unpaired) electrons. The number of rotatable bonds is 12. The molecule has 1 atom stereocenters. The highest BCUT2D eigenvalue weighted by Gasteiger charge is 2.32. The summed E-state index contributed by atoms with van der Waals surface area (Å²) in [5.41, 5.74) is 0.731. The van der Waals surface area contributed by atoms with Gasteiger partial charge in [-0.15, -0.1) is 0 Å². The van der Waals surface area contributed by atoms with E-state index in [0.29, 0.717) is 24.6 Å². The number of benzene rings is 1. The van der Waals surface area contributed by atoms with Crippen molar-refractivity contribution in [3.05, 3.63) is 18.2 Å². The number of urea groups is 1. The number of amides is 3. The number of methoxy groups -OCH3 is 2. The number of nitrogens with one attached hydrogen (secondary N) is 2. The van der Waals surface area contributed by atoms with Gasteiger partial charge in [-0.3, -0.25) is 4.79 Å². The lowest BCUT2D eigenvalue weighted by Gasteiger charge is -2.21. The summed E-state index contributed by atoms with van der Waals surface area (Å²) in [6, 6.07) is 4.93. The van der Waals surface area contributed by atoms with E-state index in [1.54, 1.807) is 31.3 Å². The van der Waals surface area contributed by atoms with Crippen molar-refractivity contribution in [3.8, 4) is 11.5 Å². The SMILES string of the molecule is CCCN(CCC)CCCNC(=O)NC1CC(=O)N(c2ccc(OC)c(OC)c2)C1. The van der Waals surface area contributed by atoms with E-state index in [1.165, 1.54) is 0 Å². The highest BCUT2D eigenvalue weighted by atomic mass is 16.5. The molecule has 0 saturated carbocycles. The van der Waals surface area contributed by atoms with Crippen LogP contribution in [0.2, 0.25) is 0 Å². The van der Waals surface area contributed by atoms with Gasteiger partial charge in [-0.05, 0) is 51.0 Å². The molecule has 3 amide bonds. The van der Waals surface area contributed by atoms with Gasteiger partial charge < -0.3 is 29.9 Å². The van der Waals surface area contributed by atoms with Gasteiger partial charge in [0.25, 0.3) is 0 Å². The van der Waals surface area contributed by atoms with E-state index in [9.17, 15) is 9.59 Å². The van der Waals surface area contributed by atoms with Gasteiger partial charge in [0.15, 0.2) is 11.5 Å². The van der Waals surface area contributed by atoms with Gasteiger partial charge in [0.2, 0.25) is 5.91 Å². The first-order chi connectivity index (χ1) is 14.5. The van der Waals surface area contributed by atoms with Crippen LogP contribution in [0.25, 0.3) is 0 Å². The van der Waals surface area contributed by atoms with Crippen LogP contribution in [0.1, 0.15) is 39.5 Å². The van der Waals surface area contributed by atoms with Gasteiger partial charge in [-0.1, -0.05) is 13.8 Å². The zero-order valence-corrected chi connectivity index (χ0v) is 18.7.